The van der Waals surface area contributed by atoms with Gasteiger partial charge in [0.15, 0.2) is 5.82 Å². The molecule has 3 aromatic rings. The van der Waals surface area contributed by atoms with Gasteiger partial charge in [-0.1, -0.05) is 29.8 Å². The molecule has 8 nitrogen and oxygen atoms in total. The van der Waals surface area contributed by atoms with E-state index in [0.717, 1.165) is 22.6 Å². The molecular weight excluding hydrogens is 400 g/mol. The molecule has 0 unspecified atom stereocenters. The molecule has 1 aliphatic heterocycles. The van der Waals surface area contributed by atoms with Gasteiger partial charge in [-0.15, -0.1) is 0 Å². The van der Waals surface area contributed by atoms with E-state index in [1.54, 1.807) is 10.8 Å². The molecule has 0 spiro atoms. The van der Waals surface area contributed by atoms with Crippen LogP contribution in [0.4, 0.5) is 5.82 Å². The molecule has 0 bridgehead atoms. The van der Waals surface area contributed by atoms with E-state index in [1.165, 1.54) is 16.0 Å². The second-order valence-electron chi connectivity index (χ2n) is 7.28. The van der Waals surface area contributed by atoms with Gasteiger partial charge in [-0.25, -0.2) is 23.1 Å². The minimum Gasteiger partial charge on any atom is -0.354 e. The topological polar surface area (TPSA) is 84.2 Å². The van der Waals surface area contributed by atoms with Gasteiger partial charge in [-0.3, -0.25) is 0 Å². The molecule has 1 aliphatic rings. The average Bonchev–Trinajstić information content (AvgIpc) is 3.20. The molecule has 0 saturated carbocycles. The highest BCUT2D eigenvalue weighted by Crippen LogP contribution is 2.18. The Kier molecular flexibility index (Phi) is 5.65. The van der Waals surface area contributed by atoms with E-state index in [0.29, 0.717) is 32.0 Å². The lowest BCUT2D eigenvalue weighted by Crippen LogP contribution is -2.48. The van der Waals surface area contributed by atoms with Crippen molar-refractivity contribution in [3.63, 3.8) is 0 Å². The van der Waals surface area contributed by atoms with Crippen molar-refractivity contribution in [1.29, 1.82) is 0 Å². The zero-order valence-corrected chi connectivity index (χ0v) is 17.8. The lowest BCUT2D eigenvalue weighted by molar-refractivity contribution is 0.389. The van der Waals surface area contributed by atoms with Crippen LogP contribution < -0.4 is 4.90 Å². The third-order valence-electron chi connectivity index (χ3n) is 5.03. The normalized spacial score (nSPS) is 15.7. The van der Waals surface area contributed by atoms with Gasteiger partial charge in [0.25, 0.3) is 0 Å². The van der Waals surface area contributed by atoms with Crippen LogP contribution in [0, 0.1) is 13.8 Å². The number of aromatic nitrogens is 4. The predicted octanol–water partition coefficient (Wildman–Crippen LogP) is 2.40. The van der Waals surface area contributed by atoms with Crippen LogP contribution in [0.3, 0.4) is 0 Å². The maximum absolute atomic E-state index is 12.7. The number of anilines is 1. The van der Waals surface area contributed by atoms with Crippen molar-refractivity contribution in [2.75, 3.05) is 31.1 Å². The summed E-state index contributed by atoms with van der Waals surface area (Å²) in [5.74, 6) is 1.45. The molecule has 2 aromatic heterocycles. The molecule has 0 amide bonds. The summed E-state index contributed by atoms with van der Waals surface area (Å²) in [5.41, 5.74) is 2.92. The number of rotatable bonds is 5. The van der Waals surface area contributed by atoms with Gasteiger partial charge in [-0.2, -0.15) is 9.40 Å². The first-order chi connectivity index (χ1) is 14.4. The van der Waals surface area contributed by atoms with E-state index in [4.69, 9.17) is 0 Å². The molecule has 3 heterocycles. The van der Waals surface area contributed by atoms with E-state index in [2.05, 4.69) is 20.0 Å². The molecule has 1 saturated heterocycles. The maximum atomic E-state index is 12.7. The van der Waals surface area contributed by atoms with Crippen LogP contribution >= 0.6 is 0 Å². The SMILES string of the molecule is Cc1ccc(/C=C/S(=O)(=O)N2CCN(c3cc(-n4ccc(C)n4)ncn3)CC2)cc1. The third kappa shape index (κ3) is 4.58. The first-order valence-corrected chi connectivity index (χ1v) is 11.3. The average molecular weight is 425 g/mol. The lowest BCUT2D eigenvalue weighted by atomic mass is 10.2. The number of piperazine rings is 1. The monoisotopic (exact) mass is 424 g/mol. The standard InChI is InChI=1S/C21H24N6O2S/c1-17-3-5-19(6-4-17)8-14-30(28,29)26-12-10-25(11-13-26)20-15-21(23-16-22-20)27-9-7-18(2)24-27/h3-9,14-16H,10-13H2,1-2H3/b14-8+. The highest BCUT2D eigenvalue weighted by atomic mass is 32.2. The van der Waals surface area contributed by atoms with Crippen molar-refractivity contribution < 1.29 is 8.42 Å². The van der Waals surface area contributed by atoms with E-state index in [9.17, 15) is 8.42 Å². The third-order valence-corrected chi connectivity index (χ3v) is 6.59. The van der Waals surface area contributed by atoms with E-state index in [-0.39, 0.29) is 0 Å². The lowest BCUT2D eigenvalue weighted by Gasteiger charge is -2.34. The quantitative estimate of drug-likeness (QED) is 0.625. The largest absolute Gasteiger partial charge is 0.354 e. The summed E-state index contributed by atoms with van der Waals surface area (Å²) in [6.07, 6.45) is 5.01. The van der Waals surface area contributed by atoms with Crippen molar-refractivity contribution in [2.45, 2.75) is 13.8 Å². The summed E-state index contributed by atoms with van der Waals surface area (Å²) in [7, 11) is -3.47. The molecule has 4 rings (SSSR count). The fourth-order valence-corrected chi connectivity index (χ4v) is 4.45. The number of hydrogen-bond donors (Lipinski definition) is 0. The van der Waals surface area contributed by atoms with Gasteiger partial charge in [0, 0.05) is 43.9 Å². The van der Waals surface area contributed by atoms with Crippen molar-refractivity contribution in [2.24, 2.45) is 0 Å². The summed E-state index contributed by atoms with van der Waals surface area (Å²) < 4.78 is 28.6. The summed E-state index contributed by atoms with van der Waals surface area (Å²) in [4.78, 5) is 10.7. The second kappa shape index (κ2) is 8.37. The minimum atomic E-state index is -3.47. The molecule has 156 valence electrons. The number of hydrogen-bond acceptors (Lipinski definition) is 6. The van der Waals surface area contributed by atoms with Crippen molar-refractivity contribution in [3.05, 3.63) is 71.2 Å². The Hall–Kier alpha value is -3.04. The van der Waals surface area contributed by atoms with Crippen LogP contribution in [-0.4, -0.2) is 58.7 Å². The molecule has 1 aromatic carbocycles. The summed E-state index contributed by atoms with van der Waals surface area (Å²) in [6.45, 7) is 5.85. The van der Waals surface area contributed by atoms with Crippen LogP contribution in [0.1, 0.15) is 16.8 Å². The fraction of sp³-hybridized carbons (Fsp3) is 0.286. The smallest absolute Gasteiger partial charge is 0.236 e. The predicted molar refractivity (Wildman–Crippen MR) is 117 cm³/mol. The first-order valence-electron chi connectivity index (χ1n) is 9.75. The van der Waals surface area contributed by atoms with Gasteiger partial charge >= 0.3 is 0 Å². The second-order valence-corrected chi connectivity index (χ2v) is 9.10. The molecule has 0 aliphatic carbocycles. The summed E-state index contributed by atoms with van der Waals surface area (Å²) in [5, 5.41) is 5.66. The summed E-state index contributed by atoms with van der Waals surface area (Å²) >= 11 is 0. The van der Waals surface area contributed by atoms with E-state index in [1.807, 2.05) is 56.4 Å². The molecule has 0 radical (unpaired) electrons. The van der Waals surface area contributed by atoms with Crippen LogP contribution in [-0.2, 0) is 10.0 Å². The Labute approximate surface area is 176 Å². The Morgan fingerprint density at radius 3 is 2.30 bits per heavy atom. The zero-order valence-electron chi connectivity index (χ0n) is 17.0. The number of benzene rings is 1. The van der Waals surface area contributed by atoms with Crippen molar-refractivity contribution in [3.8, 4) is 5.82 Å². The Morgan fingerprint density at radius 2 is 1.63 bits per heavy atom. The van der Waals surface area contributed by atoms with Crippen LogP contribution in [0.25, 0.3) is 11.9 Å². The zero-order chi connectivity index (χ0) is 21.1. The van der Waals surface area contributed by atoms with Gasteiger partial charge in [0.1, 0.15) is 12.1 Å². The van der Waals surface area contributed by atoms with Gasteiger partial charge < -0.3 is 4.90 Å². The Balaban J connectivity index is 1.41. The van der Waals surface area contributed by atoms with Crippen molar-refractivity contribution >= 4 is 21.9 Å². The van der Waals surface area contributed by atoms with E-state index < -0.39 is 10.0 Å². The highest BCUT2D eigenvalue weighted by Gasteiger charge is 2.26. The minimum absolute atomic E-state index is 0.404. The van der Waals surface area contributed by atoms with E-state index >= 15 is 0 Å². The highest BCUT2D eigenvalue weighted by molar-refractivity contribution is 7.92. The first kappa shape index (κ1) is 20.2. The van der Waals surface area contributed by atoms with Crippen LogP contribution in [0.15, 0.2) is 54.3 Å². The van der Waals surface area contributed by atoms with Crippen molar-refractivity contribution in [1.82, 2.24) is 24.1 Å². The van der Waals surface area contributed by atoms with Crippen LogP contribution in [0.2, 0.25) is 0 Å². The fourth-order valence-electron chi connectivity index (χ4n) is 3.28. The summed E-state index contributed by atoms with van der Waals surface area (Å²) in [6, 6.07) is 11.5. The number of aryl methyl sites for hydroxylation is 2. The number of sulfonamides is 1. The van der Waals surface area contributed by atoms with Gasteiger partial charge in [-0.05, 0) is 31.6 Å². The molecule has 1 fully saturated rings. The molecule has 9 heteroatoms. The molecule has 0 N–H and O–H groups in total. The van der Waals surface area contributed by atoms with Crippen LogP contribution in [0.5, 0.6) is 0 Å². The Morgan fingerprint density at radius 1 is 0.933 bits per heavy atom. The maximum Gasteiger partial charge on any atom is 0.236 e. The molecular formula is C21H24N6O2S. The van der Waals surface area contributed by atoms with Gasteiger partial charge in [0.05, 0.1) is 5.69 Å². The number of nitrogens with zero attached hydrogens (tertiary/aromatic N) is 6. The molecule has 30 heavy (non-hydrogen) atoms. The molecule has 0 atom stereocenters. The Bertz CT molecular complexity index is 1150. The van der Waals surface area contributed by atoms with Gasteiger partial charge in [0.2, 0.25) is 10.0 Å².